The van der Waals surface area contributed by atoms with Gasteiger partial charge >= 0.3 is 11.9 Å². The molecule has 2 aromatic rings. The zero-order chi connectivity index (χ0) is 19.8. The summed E-state index contributed by atoms with van der Waals surface area (Å²) in [6, 6.07) is 11.4. The first kappa shape index (κ1) is 21.3. The van der Waals surface area contributed by atoms with Crippen molar-refractivity contribution in [2.24, 2.45) is 0 Å². The van der Waals surface area contributed by atoms with Gasteiger partial charge in [-0.1, -0.05) is 61.2 Å². The Balaban J connectivity index is 2.11. The van der Waals surface area contributed by atoms with Gasteiger partial charge in [0.05, 0.1) is 17.7 Å². The molecule has 0 heterocycles. The van der Waals surface area contributed by atoms with Gasteiger partial charge < -0.3 is 9.47 Å². The molecule has 1 unspecified atom stereocenters. The number of esters is 2. The quantitative estimate of drug-likeness (QED) is 0.382. The minimum absolute atomic E-state index is 0.162. The number of hydrogen-bond acceptors (Lipinski definition) is 4. The van der Waals surface area contributed by atoms with Crippen molar-refractivity contribution in [3.05, 3.63) is 69.2 Å². The monoisotopic (exact) mass is 408 g/mol. The van der Waals surface area contributed by atoms with Crippen LogP contribution in [0.3, 0.4) is 0 Å². The fourth-order valence-electron chi connectivity index (χ4n) is 2.55. The van der Waals surface area contributed by atoms with E-state index in [1.165, 1.54) is 0 Å². The van der Waals surface area contributed by atoms with E-state index in [0.717, 1.165) is 19.3 Å². The van der Waals surface area contributed by atoms with E-state index in [0.29, 0.717) is 22.2 Å². The lowest BCUT2D eigenvalue weighted by Gasteiger charge is -2.16. The molecule has 0 amide bonds. The molecule has 0 saturated carbocycles. The lowest BCUT2D eigenvalue weighted by molar-refractivity contribution is 0.0324. The summed E-state index contributed by atoms with van der Waals surface area (Å²) in [5.41, 5.74) is 0.984. The van der Waals surface area contributed by atoms with Gasteiger partial charge in [0.1, 0.15) is 6.10 Å². The predicted molar refractivity (Wildman–Crippen MR) is 107 cm³/mol. The minimum atomic E-state index is -0.616. The molecule has 1 atom stereocenters. The van der Waals surface area contributed by atoms with Crippen LogP contribution >= 0.6 is 23.2 Å². The van der Waals surface area contributed by atoms with Gasteiger partial charge in [0.15, 0.2) is 0 Å². The predicted octanol–water partition coefficient (Wildman–Crippen LogP) is 6.26. The highest BCUT2D eigenvalue weighted by atomic mass is 35.5. The van der Waals surface area contributed by atoms with Crippen LogP contribution in [-0.4, -0.2) is 18.5 Å². The van der Waals surface area contributed by atoms with Gasteiger partial charge in [-0.25, -0.2) is 9.59 Å². The Hall–Kier alpha value is -2.04. The SMILES string of the molecule is CCCCCOC(=O)c1ccccc1C(=O)OC(C)c1ccc(Cl)cc1Cl. The van der Waals surface area contributed by atoms with Crippen molar-refractivity contribution >= 4 is 35.1 Å². The van der Waals surface area contributed by atoms with Crippen molar-refractivity contribution in [3.63, 3.8) is 0 Å². The van der Waals surface area contributed by atoms with Crippen LogP contribution in [0.5, 0.6) is 0 Å². The van der Waals surface area contributed by atoms with E-state index in [4.69, 9.17) is 32.7 Å². The summed E-state index contributed by atoms with van der Waals surface area (Å²) in [5, 5.41) is 0.907. The largest absolute Gasteiger partial charge is 0.462 e. The average Bonchev–Trinajstić information content (AvgIpc) is 2.64. The molecular formula is C21H22Cl2O4. The van der Waals surface area contributed by atoms with Crippen molar-refractivity contribution in [1.29, 1.82) is 0 Å². The summed E-state index contributed by atoms with van der Waals surface area (Å²) >= 11 is 12.1. The number of ether oxygens (including phenoxy) is 2. The smallest absolute Gasteiger partial charge is 0.339 e. The van der Waals surface area contributed by atoms with Crippen LogP contribution in [0, 0.1) is 0 Å². The van der Waals surface area contributed by atoms with Gasteiger partial charge in [0.2, 0.25) is 0 Å². The third-order valence-corrected chi connectivity index (χ3v) is 4.59. The molecule has 0 saturated heterocycles. The molecular weight excluding hydrogens is 387 g/mol. The molecule has 4 nitrogen and oxygen atoms in total. The number of rotatable bonds is 8. The van der Waals surface area contributed by atoms with E-state index < -0.39 is 18.0 Å². The minimum Gasteiger partial charge on any atom is -0.462 e. The third kappa shape index (κ3) is 5.98. The van der Waals surface area contributed by atoms with Gasteiger partial charge in [-0.05, 0) is 37.6 Å². The zero-order valence-corrected chi connectivity index (χ0v) is 16.8. The van der Waals surface area contributed by atoms with E-state index >= 15 is 0 Å². The molecule has 0 aliphatic rings. The molecule has 0 aromatic heterocycles. The van der Waals surface area contributed by atoms with Crippen molar-refractivity contribution < 1.29 is 19.1 Å². The average molecular weight is 409 g/mol. The maximum atomic E-state index is 12.6. The fourth-order valence-corrected chi connectivity index (χ4v) is 3.11. The van der Waals surface area contributed by atoms with Crippen LogP contribution < -0.4 is 0 Å². The first-order chi connectivity index (χ1) is 12.9. The highest BCUT2D eigenvalue weighted by molar-refractivity contribution is 6.35. The Labute approximate surface area is 169 Å². The summed E-state index contributed by atoms with van der Waals surface area (Å²) in [6.45, 7) is 4.10. The standard InChI is InChI=1S/C21H22Cl2O4/c1-3-4-7-12-26-20(24)17-8-5-6-9-18(17)21(25)27-14(2)16-11-10-15(22)13-19(16)23/h5-6,8-11,13-14H,3-4,7,12H2,1-2H3. The number of unbranched alkanes of at least 4 members (excludes halogenated alkanes) is 2. The first-order valence-corrected chi connectivity index (χ1v) is 9.61. The maximum absolute atomic E-state index is 12.6. The lowest BCUT2D eigenvalue weighted by atomic mass is 10.1. The summed E-state index contributed by atoms with van der Waals surface area (Å²) in [7, 11) is 0. The van der Waals surface area contributed by atoms with E-state index in [1.807, 2.05) is 0 Å². The molecule has 0 fully saturated rings. The number of carbonyl (C=O) groups is 2. The van der Waals surface area contributed by atoms with Crippen molar-refractivity contribution in [2.45, 2.75) is 39.2 Å². The number of halogens is 2. The summed E-state index contributed by atoms with van der Waals surface area (Å²) in [4.78, 5) is 24.9. The number of hydrogen-bond donors (Lipinski definition) is 0. The van der Waals surface area contributed by atoms with Crippen LogP contribution in [0.2, 0.25) is 10.0 Å². The zero-order valence-electron chi connectivity index (χ0n) is 15.3. The van der Waals surface area contributed by atoms with Crippen LogP contribution in [-0.2, 0) is 9.47 Å². The molecule has 0 N–H and O–H groups in total. The molecule has 2 aromatic carbocycles. The highest BCUT2D eigenvalue weighted by Gasteiger charge is 2.22. The van der Waals surface area contributed by atoms with Crippen molar-refractivity contribution in [1.82, 2.24) is 0 Å². The molecule has 144 valence electrons. The van der Waals surface area contributed by atoms with Crippen molar-refractivity contribution in [3.8, 4) is 0 Å². The second kappa shape index (κ2) is 10.3. The van der Waals surface area contributed by atoms with Gasteiger partial charge in [0, 0.05) is 15.6 Å². The van der Waals surface area contributed by atoms with Gasteiger partial charge in [-0.3, -0.25) is 0 Å². The van der Waals surface area contributed by atoms with Crippen molar-refractivity contribution in [2.75, 3.05) is 6.61 Å². The summed E-state index contributed by atoms with van der Waals surface area (Å²) in [5.74, 6) is -1.15. The van der Waals surface area contributed by atoms with Crippen LogP contribution in [0.15, 0.2) is 42.5 Å². The summed E-state index contributed by atoms with van der Waals surface area (Å²) in [6.07, 6.45) is 2.21. The second-order valence-corrected chi connectivity index (χ2v) is 6.95. The highest BCUT2D eigenvalue weighted by Crippen LogP contribution is 2.29. The molecule has 0 radical (unpaired) electrons. The Morgan fingerprint density at radius 3 is 2.30 bits per heavy atom. The Morgan fingerprint density at radius 1 is 1.00 bits per heavy atom. The number of carbonyl (C=O) groups excluding carboxylic acids is 2. The van der Waals surface area contributed by atoms with E-state index in [9.17, 15) is 9.59 Å². The first-order valence-electron chi connectivity index (χ1n) is 8.86. The Bertz CT molecular complexity index is 805. The van der Waals surface area contributed by atoms with E-state index in [1.54, 1.807) is 49.4 Å². The van der Waals surface area contributed by atoms with Gasteiger partial charge in [-0.15, -0.1) is 0 Å². The molecule has 0 aliphatic heterocycles. The summed E-state index contributed by atoms with van der Waals surface area (Å²) < 4.78 is 10.8. The number of benzene rings is 2. The lowest BCUT2D eigenvalue weighted by Crippen LogP contribution is -2.16. The second-order valence-electron chi connectivity index (χ2n) is 6.10. The normalized spacial score (nSPS) is 11.7. The Morgan fingerprint density at radius 2 is 1.67 bits per heavy atom. The maximum Gasteiger partial charge on any atom is 0.339 e. The van der Waals surface area contributed by atoms with Gasteiger partial charge in [-0.2, -0.15) is 0 Å². The van der Waals surface area contributed by atoms with E-state index in [2.05, 4.69) is 6.92 Å². The molecule has 27 heavy (non-hydrogen) atoms. The van der Waals surface area contributed by atoms with E-state index in [-0.39, 0.29) is 11.1 Å². The van der Waals surface area contributed by atoms with Crippen LogP contribution in [0.25, 0.3) is 0 Å². The topological polar surface area (TPSA) is 52.6 Å². The van der Waals surface area contributed by atoms with Gasteiger partial charge in [0.25, 0.3) is 0 Å². The molecule has 0 aliphatic carbocycles. The van der Waals surface area contributed by atoms with Crippen LogP contribution in [0.4, 0.5) is 0 Å². The Kier molecular flexibility index (Phi) is 8.14. The third-order valence-electron chi connectivity index (χ3n) is 4.03. The van der Waals surface area contributed by atoms with Crippen LogP contribution in [0.1, 0.15) is 65.5 Å². The fraction of sp³-hybridized carbons (Fsp3) is 0.333. The molecule has 0 bridgehead atoms. The molecule has 0 spiro atoms. The molecule has 2 rings (SSSR count). The molecule has 6 heteroatoms.